The van der Waals surface area contributed by atoms with Crippen LogP contribution >= 0.6 is 0 Å². The molecule has 0 fully saturated rings. The third kappa shape index (κ3) is 2.38. The lowest BCUT2D eigenvalue weighted by molar-refractivity contribution is 0.101. The lowest BCUT2D eigenvalue weighted by atomic mass is 9.93. The fourth-order valence-electron chi connectivity index (χ4n) is 2.55. The van der Waals surface area contributed by atoms with Crippen molar-refractivity contribution in [2.45, 2.75) is 39.2 Å². The summed E-state index contributed by atoms with van der Waals surface area (Å²) in [5, 5.41) is 0. The maximum atomic E-state index is 12.3. The van der Waals surface area contributed by atoms with Crippen LogP contribution < -0.4 is 5.56 Å². The molecule has 0 spiro atoms. The van der Waals surface area contributed by atoms with E-state index in [1.54, 1.807) is 17.7 Å². The van der Waals surface area contributed by atoms with Gasteiger partial charge in [0.2, 0.25) is 0 Å². The van der Waals surface area contributed by atoms with Crippen molar-refractivity contribution in [3.63, 3.8) is 0 Å². The second-order valence-electron chi connectivity index (χ2n) is 4.74. The predicted molar refractivity (Wildman–Crippen MR) is 69.2 cm³/mol. The summed E-state index contributed by atoms with van der Waals surface area (Å²) in [5.41, 5.74) is 2.39. The van der Waals surface area contributed by atoms with E-state index in [9.17, 15) is 9.59 Å². The molecule has 0 N–H and O–H groups in total. The molecule has 4 heteroatoms. The van der Waals surface area contributed by atoms with Crippen LogP contribution in [0.1, 0.15) is 41.4 Å². The molecule has 0 radical (unpaired) electrons. The Kier molecular flexibility index (Phi) is 3.97. The summed E-state index contributed by atoms with van der Waals surface area (Å²) in [5.74, 6) is -0.153. The zero-order valence-electron chi connectivity index (χ0n) is 11.0. The number of ketones is 1. The van der Waals surface area contributed by atoms with Crippen LogP contribution in [0.5, 0.6) is 0 Å². The highest BCUT2D eigenvalue weighted by molar-refractivity contribution is 5.93. The Morgan fingerprint density at radius 3 is 2.78 bits per heavy atom. The van der Waals surface area contributed by atoms with Gasteiger partial charge in [-0.2, -0.15) is 0 Å². The van der Waals surface area contributed by atoms with Crippen molar-refractivity contribution in [2.24, 2.45) is 0 Å². The van der Waals surface area contributed by atoms with Crippen molar-refractivity contribution < 1.29 is 9.53 Å². The number of ether oxygens (including phenoxy) is 1. The molecule has 0 saturated carbocycles. The van der Waals surface area contributed by atoms with E-state index < -0.39 is 0 Å². The van der Waals surface area contributed by atoms with Gasteiger partial charge in [0.05, 0.1) is 12.2 Å². The van der Waals surface area contributed by atoms with E-state index in [4.69, 9.17) is 4.74 Å². The van der Waals surface area contributed by atoms with E-state index in [1.807, 2.05) is 0 Å². The average Bonchev–Trinajstić information content (AvgIpc) is 2.37. The van der Waals surface area contributed by atoms with E-state index in [0.29, 0.717) is 18.7 Å². The van der Waals surface area contributed by atoms with E-state index in [2.05, 4.69) is 0 Å². The van der Waals surface area contributed by atoms with Gasteiger partial charge in [-0.05, 0) is 44.2 Å². The van der Waals surface area contributed by atoms with Gasteiger partial charge in [0.1, 0.15) is 0 Å². The molecular formula is C14H19NO3. The minimum Gasteiger partial charge on any atom is -0.383 e. The predicted octanol–water partition coefficient (Wildman–Crippen LogP) is 1.58. The monoisotopic (exact) mass is 249 g/mol. The van der Waals surface area contributed by atoms with Gasteiger partial charge in [0, 0.05) is 19.3 Å². The second kappa shape index (κ2) is 5.48. The Bertz CT molecular complexity index is 517. The summed E-state index contributed by atoms with van der Waals surface area (Å²) >= 11 is 0. The summed E-state index contributed by atoms with van der Waals surface area (Å²) < 4.78 is 6.78. The molecule has 0 atom stereocenters. The van der Waals surface area contributed by atoms with Crippen molar-refractivity contribution >= 4 is 5.78 Å². The number of aryl methyl sites for hydroxylation is 1. The highest BCUT2D eigenvalue weighted by atomic mass is 16.5. The van der Waals surface area contributed by atoms with Gasteiger partial charge in [-0.15, -0.1) is 0 Å². The molecule has 18 heavy (non-hydrogen) atoms. The van der Waals surface area contributed by atoms with Crippen LogP contribution in [0.4, 0.5) is 0 Å². The van der Waals surface area contributed by atoms with Crippen molar-refractivity contribution in [3.05, 3.63) is 33.2 Å². The van der Waals surface area contributed by atoms with Gasteiger partial charge < -0.3 is 9.30 Å². The number of hydrogen-bond acceptors (Lipinski definition) is 3. The van der Waals surface area contributed by atoms with Crippen LogP contribution in [0.25, 0.3) is 0 Å². The number of methoxy groups -OCH3 is 1. The lowest BCUT2D eigenvalue weighted by Gasteiger charge is -2.21. The van der Waals surface area contributed by atoms with Crippen molar-refractivity contribution in [1.29, 1.82) is 0 Å². The molecule has 1 aliphatic rings. The highest BCUT2D eigenvalue weighted by Gasteiger charge is 2.19. The number of Topliss-reactive ketones (excluding diaryl/α,β-unsaturated/α-hetero) is 1. The number of nitrogens with zero attached hydrogens (tertiary/aromatic N) is 1. The summed E-state index contributed by atoms with van der Waals surface area (Å²) in [6.07, 6.45) is 4.13. The zero-order chi connectivity index (χ0) is 13.1. The fraction of sp³-hybridized carbons (Fsp3) is 0.571. The summed E-state index contributed by atoms with van der Waals surface area (Å²) in [4.78, 5) is 23.8. The SMILES string of the molecule is COCCn1c2c(cc(C(C)=O)c1=O)CCCC2. The van der Waals surface area contributed by atoms with Crippen LogP contribution in [0, 0.1) is 0 Å². The Balaban J connectivity index is 2.55. The molecule has 1 aliphatic carbocycles. The highest BCUT2D eigenvalue weighted by Crippen LogP contribution is 2.20. The number of aromatic nitrogens is 1. The number of hydrogen-bond donors (Lipinski definition) is 0. The first-order valence-electron chi connectivity index (χ1n) is 6.40. The second-order valence-corrected chi connectivity index (χ2v) is 4.74. The maximum absolute atomic E-state index is 12.3. The first-order chi connectivity index (χ1) is 8.65. The Hall–Kier alpha value is -1.42. The van der Waals surface area contributed by atoms with Crippen molar-refractivity contribution in [2.75, 3.05) is 13.7 Å². The van der Waals surface area contributed by atoms with Crippen LogP contribution in [0.2, 0.25) is 0 Å². The fourth-order valence-corrected chi connectivity index (χ4v) is 2.55. The standard InChI is InChI=1S/C14H19NO3/c1-10(16)12-9-11-5-3-4-6-13(11)15(14(12)17)7-8-18-2/h9H,3-8H2,1-2H3. The molecule has 1 aromatic rings. The molecular weight excluding hydrogens is 230 g/mol. The van der Waals surface area contributed by atoms with Gasteiger partial charge in [-0.3, -0.25) is 9.59 Å². The quantitative estimate of drug-likeness (QED) is 0.761. The van der Waals surface area contributed by atoms with Crippen LogP contribution in [-0.4, -0.2) is 24.1 Å². The Morgan fingerprint density at radius 2 is 2.11 bits per heavy atom. The topological polar surface area (TPSA) is 48.3 Å². The van der Waals surface area contributed by atoms with Gasteiger partial charge in [0.25, 0.3) is 5.56 Å². The molecule has 0 saturated heterocycles. The average molecular weight is 249 g/mol. The van der Waals surface area contributed by atoms with Crippen molar-refractivity contribution in [3.8, 4) is 0 Å². The molecule has 4 nitrogen and oxygen atoms in total. The van der Waals surface area contributed by atoms with Gasteiger partial charge in [-0.1, -0.05) is 0 Å². The molecule has 0 aliphatic heterocycles. The summed E-state index contributed by atoms with van der Waals surface area (Å²) in [6.45, 7) is 2.47. The summed E-state index contributed by atoms with van der Waals surface area (Å²) in [6, 6.07) is 1.79. The first-order valence-corrected chi connectivity index (χ1v) is 6.40. The van der Waals surface area contributed by atoms with E-state index >= 15 is 0 Å². The van der Waals surface area contributed by atoms with Crippen LogP contribution in [0.15, 0.2) is 10.9 Å². The Labute approximate surface area is 107 Å². The van der Waals surface area contributed by atoms with Gasteiger partial charge in [0.15, 0.2) is 5.78 Å². The molecule has 0 aromatic carbocycles. The van der Waals surface area contributed by atoms with Gasteiger partial charge >= 0.3 is 0 Å². The minimum atomic E-state index is -0.166. The van der Waals surface area contributed by atoms with E-state index in [-0.39, 0.29) is 11.3 Å². The lowest BCUT2D eigenvalue weighted by Crippen LogP contribution is -2.32. The largest absolute Gasteiger partial charge is 0.383 e. The van der Waals surface area contributed by atoms with Crippen LogP contribution in [0.3, 0.4) is 0 Å². The maximum Gasteiger partial charge on any atom is 0.261 e. The van der Waals surface area contributed by atoms with E-state index in [1.165, 1.54) is 6.92 Å². The third-order valence-corrected chi connectivity index (χ3v) is 3.50. The minimum absolute atomic E-state index is 0.153. The van der Waals surface area contributed by atoms with Crippen LogP contribution in [-0.2, 0) is 24.1 Å². The molecule has 0 unspecified atom stereocenters. The number of carbonyl (C=O) groups excluding carboxylic acids is 1. The first kappa shape index (κ1) is 13.0. The van der Waals surface area contributed by atoms with Crippen molar-refractivity contribution in [1.82, 2.24) is 4.57 Å². The molecule has 0 bridgehead atoms. The van der Waals surface area contributed by atoms with Gasteiger partial charge in [-0.25, -0.2) is 0 Å². The molecule has 1 heterocycles. The molecule has 2 rings (SSSR count). The number of pyridine rings is 1. The smallest absolute Gasteiger partial charge is 0.261 e. The number of rotatable bonds is 4. The molecule has 1 aromatic heterocycles. The molecule has 0 amide bonds. The van der Waals surface area contributed by atoms with E-state index in [0.717, 1.165) is 36.9 Å². The zero-order valence-corrected chi connectivity index (χ0v) is 11.0. The number of carbonyl (C=O) groups is 1. The third-order valence-electron chi connectivity index (χ3n) is 3.50. The summed E-state index contributed by atoms with van der Waals surface area (Å²) in [7, 11) is 1.62. The Morgan fingerprint density at radius 1 is 1.39 bits per heavy atom. The molecule has 98 valence electrons. The number of fused-ring (bicyclic) bond motifs is 1. The normalized spacial score (nSPS) is 14.3.